The van der Waals surface area contributed by atoms with Crippen molar-refractivity contribution in [3.8, 4) is 23.9 Å². The molecule has 0 saturated heterocycles. The number of nitrogens with one attached hydrogen (secondary N) is 2. The normalized spacial score (nSPS) is 13.4. The molecule has 4 unspecified atom stereocenters. The quantitative estimate of drug-likeness (QED) is 0.0207. The SMILES string of the molecule is CCCCC(CC)Cn1c(O)c(N=Nc2ccc(S(=O)(=O)NCC(C)OC(=O)CCCCC(=O)OC(C)CNS(=O)(=O)c3ccc(N=Nc4c(C)c(C#N)c(=O)n(CC(CC)CCCC)c4O)cc3C)c(C)c2)c(C)c(C#N)c1=O. The number of carbonyl (C=O) groups is 2. The Hall–Kier alpha value is -7.12. The second-order valence-corrected chi connectivity index (χ2v) is 23.5. The summed E-state index contributed by atoms with van der Waals surface area (Å²) in [5.74, 6) is -1.87. The average Bonchev–Trinajstić information content (AvgIpc) is 3.40. The molecule has 4 N–H and O–H groups in total. The van der Waals surface area contributed by atoms with E-state index >= 15 is 0 Å². The molecule has 0 aliphatic rings. The number of benzene rings is 2. The summed E-state index contributed by atoms with van der Waals surface area (Å²) in [6.07, 6.45) is 5.71. The van der Waals surface area contributed by atoms with Crippen LogP contribution in [0.5, 0.6) is 11.8 Å². The van der Waals surface area contributed by atoms with E-state index in [1.807, 2.05) is 26.0 Å². The molecule has 2 aromatic carbocycles. The lowest BCUT2D eigenvalue weighted by Crippen LogP contribution is -2.33. The van der Waals surface area contributed by atoms with Crippen molar-refractivity contribution >= 4 is 54.7 Å². The van der Waals surface area contributed by atoms with Crippen LogP contribution in [0.3, 0.4) is 0 Å². The lowest BCUT2D eigenvalue weighted by atomic mass is 9.99. The number of unbranched alkanes of at least 4 members (excludes halogenated alkanes) is 3. The molecule has 4 rings (SSSR count). The van der Waals surface area contributed by atoms with E-state index in [1.165, 1.54) is 64.1 Å². The molecule has 0 bridgehead atoms. The van der Waals surface area contributed by atoms with E-state index in [0.717, 1.165) is 60.5 Å². The van der Waals surface area contributed by atoms with Gasteiger partial charge in [0.1, 0.15) is 35.5 Å². The highest BCUT2D eigenvalue weighted by molar-refractivity contribution is 7.89. The van der Waals surface area contributed by atoms with Crippen LogP contribution in [0.25, 0.3) is 0 Å². The number of sulfonamides is 2. The van der Waals surface area contributed by atoms with Gasteiger partial charge in [0.25, 0.3) is 11.1 Å². The molecule has 434 valence electrons. The lowest BCUT2D eigenvalue weighted by molar-refractivity contribution is -0.150. The Morgan fingerprint density at radius 2 is 0.975 bits per heavy atom. The molecular weight excluding hydrogens is 1070 g/mol. The van der Waals surface area contributed by atoms with Crippen molar-refractivity contribution in [3.63, 3.8) is 0 Å². The summed E-state index contributed by atoms with van der Waals surface area (Å²) in [7, 11) is -8.19. The van der Waals surface area contributed by atoms with E-state index in [9.17, 15) is 56.8 Å². The van der Waals surface area contributed by atoms with Crippen molar-refractivity contribution in [1.82, 2.24) is 18.6 Å². The number of aromatic nitrogens is 2. The molecule has 4 aromatic rings. The Kier molecular flexibility index (Phi) is 24.9. The minimum Gasteiger partial charge on any atom is -0.493 e. The number of azo groups is 2. The molecule has 0 aliphatic heterocycles. The van der Waals surface area contributed by atoms with Gasteiger partial charge in [-0.1, -0.05) is 66.2 Å². The van der Waals surface area contributed by atoms with Crippen LogP contribution in [0.1, 0.15) is 152 Å². The molecule has 0 amide bonds. The number of esters is 2. The second kappa shape index (κ2) is 30.5. The average molecular weight is 1150 g/mol. The fourth-order valence-electron chi connectivity index (χ4n) is 8.81. The zero-order chi connectivity index (χ0) is 59.5. The van der Waals surface area contributed by atoms with Crippen LogP contribution < -0.4 is 20.6 Å². The summed E-state index contributed by atoms with van der Waals surface area (Å²) in [6, 6.07) is 12.3. The third-order valence-electron chi connectivity index (χ3n) is 13.7. The fourth-order valence-corrected chi connectivity index (χ4v) is 11.5. The van der Waals surface area contributed by atoms with Crippen molar-refractivity contribution in [2.45, 2.75) is 181 Å². The maximum atomic E-state index is 13.3. The lowest BCUT2D eigenvalue weighted by Gasteiger charge is -2.19. The Labute approximate surface area is 469 Å². The molecule has 0 saturated carbocycles. The van der Waals surface area contributed by atoms with Crippen LogP contribution in [0.4, 0.5) is 22.7 Å². The van der Waals surface area contributed by atoms with Gasteiger partial charge in [-0.2, -0.15) is 20.8 Å². The van der Waals surface area contributed by atoms with E-state index in [0.29, 0.717) is 11.1 Å². The molecule has 0 fully saturated rings. The third-order valence-corrected chi connectivity index (χ3v) is 16.9. The highest BCUT2D eigenvalue weighted by atomic mass is 32.2. The first-order valence-electron chi connectivity index (χ1n) is 27.0. The number of ether oxygens (including phenoxy) is 2. The Bertz CT molecular complexity index is 3140. The highest BCUT2D eigenvalue weighted by Gasteiger charge is 2.25. The zero-order valence-corrected chi connectivity index (χ0v) is 49.1. The number of rotatable bonds is 31. The summed E-state index contributed by atoms with van der Waals surface area (Å²) >= 11 is 0. The predicted octanol–water partition coefficient (Wildman–Crippen LogP) is 10.3. The minimum absolute atomic E-state index is 0.0461. The van der Waals surface area contributed by atoms with Gasteiger partial charge < -0.3 is 19.7 Å². The summed E-state index contributed by atoms with van der Waals surface area (Å²) in [5, 5.41) is 58.6. The smallest absolute Gasteiger partial charge is 0.306 e. The third kappa shape index (κ3) is 17.7. The maximum Gasteiger partial charge on any atom is 0.306 e. The standard InChI is InChI=1S/C56H76N10O12S2/c1-11-15-19-41(13-3)33-65-53(69)45(29-57)39(9)51(55(65)71)63-61-43-23-25-47(35(5)27-43)79(73,74)59-31-37(7)77-49(67)21-17-18-22-50(68)78-38(8)32-60-80(75,76)48-26-24-44(28-36(48)6)62-64-52-40(10)46(30-58)54(70)66(56(52)72)34-42(14-4)20-16-12-2/h23-28,37-38,41-42,59-60,71-72H,11-22,31-34H2,1-10H3. The Balaban J connectivity index is 1.24. The first kappa shape index (κ1) is 65.4. The van der Waals surface area contributed by atoms with E-state index in [4.69, 9.17) is 9.47 Å². The maximum absolute atomic E-state index is 13.3. The minimum atomic E-state index is -4.10. The number of aryl methyl sites for hydroxylation is 2. The number of hydrogen-bond acceptors (Lipinski definition) is 18. The van der Waals surface area contributed by atoms with Gasteiger partial charge in [0.2, 0.25) is 31.8 Å². The topological polar surface area (TPSA) is 326 Å². The van der Waals surface area contributed by atoms with E-state index < -0.39 is 67.1 Å². The fraction of sp³-hybridized carbons (Fsp3) is 0.536. The van der Waals surface area contributed by atoms with Crippen molar-refractivity contribution in [2.24, 2.45) is 32.3 Å². The first-order valence-corrected chi connectivity index (χ1v) is 30.0. The van der Waals surface area contributed by atoms with Gasteiger partial charge in [0.15, 0.2) is 11.4 Å². The second-order valence-electron chi connectivity index (χ2n) is 20.0. The van der Waals surface area contributed by atoms with Crippen LogP contribution >= 0.6 is 0 Å². The number of nitrogens with zero attached hydrogens (tertiary/aromatic N) is 8. The van der Waals surface area contributed by atoms with Crippen LogP contribution in [-0.2, 0) is 52.2 Å². The van der Waals surface area contributed by atoms with Crippen molar-refractivity contribution < 1.29 is 46.1 Å². The number of aromatic hydroxyl groups is 2. The summed E-state index contributed by atoms with van der Waals surface area (Å²) in [4.78, 5) is 51.4. The van der Waals surface area contributed by atoms with Gasteiger partial charge in [-0.15, -0.1) is 10.2 Å². The van der Waals surface area contributed by atoms with Gasteiger partial charge in [0.05, 0.1) is 21.2 Å². The Morgan fingerprint density at radius 1 is 0.613 bits per heavy atom. The summed E-state index contributed by atoms with van der Waals surface area (Å²) in [5.41, 5.74) is -0.194. The van der Waals surface area contributed by atoms with E-state index in [-0.39, 0.29) is 118 Å². The number of nitriles is 2. The molecule has 0 aliphatic carbocycles. The largest absolute Gasteiger partial charge is 0.493 e. The number of hydrogen-bond donors (Lipinski definition) is 4. The number of pyridine rings is 2. The van der Waals surface area contributed by atoms with Gasteiger partial charge in [0, 0.05) is 50.1 Å². The van der Waals surface area contributed by atoms with Crippen LogP contribution in [-0.4, -0.2) is 73.4 Å². The van der Waals surface area contributed by atoms with Crippen LogP contribution in [0.2, 0.25) is 0 Å². The van der Waals surface area contributed by atoms with Gasteiger partial charge >= 0.3 is 11.9 Å². The molecule has 80 heavy (non-hydrogen) atoms. The van der Waals surface area contributed by atoms with Gasteiger partial charge in [-0.3, -0.25) is 28.3 Å². The first-order chi connectivity index (χ1) is 37.9. The molecule has 2 aromatic heterocycles. The molecule has 2 heterocycles. The van der Waals surface area contributed by atoms with Crippen molar-refractivity contribution in [1.29, 1.82) is 10.5 Å². The van der Waals surface area contributed by atoms with E-state index in [2.05, 4.69) is 43.7 Å². The highest BCUT2D eigenvalue weighted by Crippen LogP contribution is 2.36. The van der Waals surface area contributed by atoms with E-state index in [1.54, 1.807) is 13.8 Å². The molecule has 4 atom stereocenters. The molecule has 22 nitrogen and oxygen atoms in total. The molecule has 0 spiro atoms. The monoisotopic (exact) mass is 1140 g/mol. The van der Waals surface area contributed by atoms with Crippen molar-refractivity contribution in [3.05, 3.63) is 90.5 Å². The molecule has 0 radical (unpaired) electrons. The summed E-state index contributed by atoms with van der Waals surface area (Å²) < 4.78 is 71.2. The van der Waals surface area contributed by atoms with Crippen LogP contribution in [0.15, 0.2) is 76.2 Å². The molecule has 24 heteroatoms. The van der Waals surface area contributed by atoms with Crippen molar-refractivity contribution in [2.75, 3.05) is 13.1 Å². The zero-order valence-electron chi connectivity index (χ0n) is 47.5. The Morgan fingerprint density at radius 3 is 1.29 bits per heavy atom. The molecular formula is C56H76N10O12S2. The number of carbonyl (C=O) groups excluding carboxylic acids is 2. The summed E-state index contributed by atoms with van der Waals surface area (Å²) in [6.45, 7) is 17.2. The van der Waals surface area contributed by atoms with Gasteiger partial charge in [-0.05, 0) is 127 Å². The predicted molar refractivity (Wildman–Crippen MR) is 301 cm³/mol. The van der Waals surface area contributed by atoms with Gasteiger partial charge in [-0.25, -0.2) is 26.3 Å². The van der Waals surface area contributed by atoms with Crippen LogP contribution in [0, 0.1) is 62.2 Å².